The molecule has 0 aliphatic rings. The fourth-order valence-corrected chi connectivity index (χ4v) is 4.01. The normalized spacial score (nSPS) is 14.8. The Kier molecular flexibility index (Phi) is 21.5. The van der Waals surface area contributed by atoms with E-state index in [0.717, 1.165) is 32.1 Å². The predicted octanol–water partition coefficient (Wildman–Crippen LogP) is 4.43. The summed E-state index contributed by atoms with van der Waals surface area (Å²) in [6, 6.07) is 0. The Balaban J connectivity index is 4.13. The number of esters is 2. The number of phosphoric ester groups is 1. The van der Waals surface area contributed by atoms with Gasteiger partial charge in [-0.15, -0.1) is 0 Å². The van der Waals surface area contributed by atoms with Crippen LogP contribution in [0, 0.1) is 0 Å². The highest BCUT2D eigenvalue weighted by molar-refractivity contribution is 7.47. The molecule has 0 saturated carbocycles. The summed E-state index contributed by atoms with van der Waals surface area (Å²) in [5, 5.41) is 18.7. The standard InChI is InChI=1S/C24H47O10P/c1-3-5-7-8-9-10-11-12-14-16-24(28)34-22(18-26)20-32-35(29,30)31-19-21(17-25)33-23(27)15-13-6-4-2/h21-22,25-26H,3-20H2,1-2H3,(H,29,30). The topological polar surface area (TPSA) is 149 Å². The molecule has 0 heterocycles. The molecule has 0 aliphatic heterocycles. The molecule has 0 bridgehead atoms. The number of ether oxygens (including phenoxy) is 2. The number of carbonyl (C=O) groups excluding carboxylic acids is 2. The third-order valence-corrected chi connectivity index (χ3v) is 6.27. The van der Waals surface area contributed by atoms with Crippen molar-refractivity contribution >= 4 is 19.8 Å². The zero-order valence-electron chi connectivity index (χ0n) is 21.5. The van der Waals surface area contributed by atoms with Gasteiger partial charge in [0.15, 0.2) is 0 Å². The number of aliphatic hydroxyl groups excluding tert-OH is 2. The van der Waals surface area contributed by atoms with Gasteiger partial charge in [0.2, 0.25) is 0 Å². The Morgan fingerprint density at radius 2 is 1.00 bits per heavy atom. The van der Waals surface area contributed by atoms with E-state index in [1.165, 1.54) is 32.1 Å². The van der Waals surface area contributed by atoms with Gasteiger partial charge in [-0.25, -0.2) is 4.57 Å². The minimum Gasteiger partial charge on any atom is -0.457 e. The summed E-state index contributed by atoms with van der Waals surface area (Å²) < 4.78 is 31.7. The van der Waals surface area contributed by atoms with Gasteiger partial charge >= 0.3 is 19.8 Å². The van der Waals surface area contributed by atoms with Crippen molar-refractivity contribution in [2.24, 2.45) is 0 Å². The van der Waals surface area contributed by atoms with Crippen molar-refractivity contribution in [2.45, 2.75) is 116 Å². The van der Waals surface area contributed by atoms with Gasteiger partial charge < -0.3 is 24.6 Å². The van der Waals surface area contributed by atoms with Gasteiger partial charge in [0.1, 0.15) is 12.2 Å². The highest BCUT2D eigenvalue weighted by Crippen LogP contribution is 2.43. The first-order valence-electron chi connectivity index (χ1n) is 13.0. The molecule has 0 fully saturated rings. The van der Waals surface area contributed by atoms with Crippen molar-refractivity contribution in [3.8, 4) is 0 Å². The predicted molar refractivity (Wildman–Crippen MR) is 132 cm³/mol. The first-order valence-corrected chi connectivity index (χ1v) is 14.5. The molecule has 3 unspecified atom stereocenters. The first kappa shape index (κ1) is 34.0. The zero-order chi connectivity index (χ0) is 26.4. The highest BCUT2D eigenvalue weighted by atomic mass is 31.2. The molecule has 0 saturated heterocycles. The van der Waals surface area contributed by atoms with E-state index in [4.69, 9.17) is 18.5 Å². The van der Waals surface area contributed by atoms with Crippen LogP contribution >= 0.6 is 7.82 Å². The van der Waals surface area contributed by atoms with Gasteiger partial charge in [-0.2, -0.15) is 0 Å². The number of aliphatic hydroxyl groups is 2. The van der Waals surface area contributed by atoms with Crippen molar-refractivity contribution < 1.29 is 47.8 Å². The molecule has 0 aromatic heterocycles. The minimum absolute atomic E-state index is 0.181. The van der Waals surface area contributed by atoms with Crippen molar-refractivity contribution in [2.75, 3.05) is 26.4 Å². The molecule has 0 aliphatic carbocycles. The maximum absolute atomic E-state index is 12.1. The molecule has 0 spiro atoms. The summed E-state index contributed by atoms with van der Waals surface area (Å²) in [7, 11) is -4.59. The van der Waals surface area contributed by atoms with Crippen LogP contribution in [0.1, 0.15) is 104 Å². The molecule has 3 N–H and O–H groups in total. The lowest BCUT2D eigenvalue weighted by Crippen LogP contribution is -2.28. The lowest BCUT2D eigenvalue weighted by molar-refractivity contribution is -0.153. The number of unbranched alkanes of at least 4 members (excludes halogenated alkanes) is 10. The SMILES string of the molecule is CCCCCCCCCCCC(=O)OC(CO)COP(=O)(O)OCC(CO)OC(=O)CCCCC. The summed E-state index contributed by atoms with van der Waals surface area (Å²) >= 11 is 0. The summed E-state index contributed by atoms with van der Waals surface area (Å²) in [4.78, 5) is 33.5. The van der Waals surface area contributed by atoms with Crippen molar-refractivity contribution in [1.29, 1.82) is 0 Å². The number of carbonyl (C=O) groups is 2. The van der Waals surface area contributed by atoms with Gasteiger partial charge in [0.05, 0.1) is 26.4 Å². The van der Waals surface area contributed by atoms with Crippen LogP contribution in [0.4, 0.5) is 0 Å². The van der Waals surface area contributed by atoms with Crippen molar-refractivity contribution in [3.05, 3.63) is 0 Å². The Morgan fingerprint density at radius 1 is 0.657 bits per heavy atom. The lowest BCUT2D eigenvalue weighted by Gasteiger charge is -2.20. The van der Waals surface area contributed by atoms with Crippen LogP contribution in [0.25, 0.3) is 0 Å². The Morgan fingerprint density at radius 3 is 1.40 bits per heavy atom. The van der Waals surface area contributed by atoms with Gasteiger partial charge in [-0.05, 0) is 12.8 Å². The van der Waals surface area contributed by atoms with E-state index in [1.807, 2.05) is 6.92 Å². The van der Waals surface area contributed by atoms with Crippen molar-refractivity contribution in [1.82, 2.24) is 0 Å². The fourth-order valence-electron chi connectivity index (χ4n) is 3.23. The van der Waals surface area contributed by atoms with E-state index in [1.54, 1.807) is 0 Å². The largest absolute Gasteiger partial charge is 0.472 e. The van der Waals surface area contributed by atoms with Crippen LogP contribution in [0.2, 0.25) is 0 Å². The van der Waals surface area contributed by atoms with E-state index in [0.29, 0.717) is 12.8 Å². The number of rotatable bonds is 24. The van der Waals surface area contributed by atoms with E-state index in [2.05, 4.69) is 6.92 Å². The molecule has 0 radical (unpaired) electrons. The molecule has 208 valence electrons. The third kappa shape index (κ3) is 20.8. The smallest absolute Gasteiger partial charge is 0.457 e. The molecule has 11 heteroatoms. The first-order chi connectivity index (χ1) is 16.8. The summed E-state index contributed by atoms with van der Waals surface area (Å²) in [5.74, 6) is -1.05. The van der Waals surface area contributed by atoms with Gasteiger partial charge in [-0.1, -0.05) is 78.1 Å². The van der Waals surface area contributed by atoms with Crippen LogP contribution in [-0.2, 0) is 32.7 Å². The molecule has 10 nitrogen and oxygen atoms in total. The molecule has 35 heavy (non-hydrogen) atoms. The zero-order valence-corrected chi connectivity index (χ0v) is 22.4. The van der Waals surface area contributed by atoms with Crippen LogP contribution < -0.4 is 0 Å². The Hall–Kier alpha value is -1.03. The summed E-state index contributed by atoms with van der Waals surface area (Å²) in [6.07, 6.45) is 10.6. The van der Waals surface area contributed by atoms with Gasteiger partial charge in [0, 0.05) is 12.8 Å². The number of hydrogen-bond donors (Lipinski definition) is 3. The van der Waals surface area contributed by atoms with Crippen LogP contribution in [0.5, 0.6) is 0 Å². The molecular formula is C24H47O10P. The summed E-state index contributed by atoms with van der Waals surface area (Å²) in [5.41, 5.74) is 0. The van der Waals surface area contributed by atoms with E-state index in [9.17, 15) is 29.3 Å². The molecule has 0 aromatic rings. The highest BCUT2D eigenvalue weighted by Gasteiger charge is 2.27. The molecular weight excluding hydrogens is 479 g/mol. The van der Waals surface area contributed by atoms with Crippen LogP contribution in [0.15, 0.2) is 0 Å². The van der Waals surface area contributed by atoms with Crippen LogP contribution in [-0.4, -0.2) is 65.7 Å². The fraction of sp³-hybridized carbons (Fsp3) is 0.917. The summed E-state index contributed by atoms with van der Waals surface area (Å²) in [6.45, 7) is 1.91. The van der Waals surface area contributed by atoms with E-state index < -0.39 is 58.4 Å². The third-order valence-electron chi connectivity index (χ3n) is 5.32. The minimum atomic E-state index is -4.59. The second-order valence-corrected chi connectivity index (χ2v) is 10.1. The van der Waals surface area contributed by atoms with E-state index >= 15 is 0 Å². The second kappa shape index (κ2) is 22.2. The molecule has 0 amide bonds. The Labute approximate surface area is 210 Å². The number of phosphoric acid groups is 1. The maximum Gasteiger partial charge on any atom is 0.472 e. The Bertz CT molecular complexity index is 587. The van der Waals surface area contributed by atoms with Gasteiger partial charge in [0.25, 0.3) is 0 Å². The average Bonchev–Trinajstić information content (AvgIpc) is 2.83. The molecule has 0 aromatic carbocycles. The monoisotopic (exact) mass is 526 g/mol. The second-order valence-electron chi connectivity index (χ2n) is 8.68. The lowest BCUT2D eigenvalue weighted by atomic mass is 10.1. The van der Waals surface area contributed by atoms with Gasteiger partial charge in [-0.3, -0.25) is 18.6 Å². The number of hydrogen-bond acceptors (Lipinski definition) is 9. The van der Waals surface area contributed by atoms with Crippen LogP contribution in [0.3, 0.4) is 0 Å². The maximum atomic E-state index is 12.1. The van der Waals surface area contributed by atoms with E-state index in [-0.39, 0.29) is 12.8 Å². The molecule has 3 atom stereocenters. The van der Waals surface area contributed by atoms with Crippen molar-refractivity contribution in [3.63, 3.8) is 0 Å². The quantitative estimate of drug-likeness (QED) is 0.0936. The molecule has 0 rings (SSSR count). The average molecular weight is 527 g/mol.